The van der Waals surface area contributed by atoms with E-state index in [0.29, 0.717) is 29.8 Å². The summed E-state index contributed by atoms with van der Waals surface area (Å²) >= 11 is 0. The van der Waals surface area contributed by atoms with Crippen molar-refractivity contribution >= 4 is 29.2 Å². The average Bonchev–Trinajstić information content (AvgIpc) is 2.72. The number of fused-ring (bicyclic) bond motifs is 1. The first-order valence-electron chi connectivity index (χ1n) is 9.00. The zero-order valence-corrected chi connectivity index (χ0v) is 15.7. The smallest absolute Gasteiger partial charge is 0.344 e. The summed E-state index contributed by atoms with van der Waals surface area (Å²) in [7, 11) is 0. The van der Waals surface area contributed by atoms with E-state index in [4.69, 9.17) is 14.7 Å². The van der Waals surface area contributed by atoms with Crippen LogP contribution in [-0.4, -0.2) is 30.5 Å². The number of nitriles is 1. The summed E-state index contributed by atoms with van der Waals surface area (Å²) in [4.78, 5) is 35.5. The van der Waals surface area contributed by atoms with Gasteiger partial charge in [-0.05, 0) is 55.3 Å². The second-order valence-electron chi connectivity index (χ2n) is 6.47. The lowest BCUT2D eigenvalue weighted by Gasteiger charge is -2.18. The molecular formula is C21H19N3O5. The highest BCUT2D eigenvalue weighted by Gasteiger charge is 2.19. The number of anilines is 2. The Labute approximate surface area is 167 Å². The molecule has 29 heavy (non-hydrogen) atoms. The maximum Gasteiger partial charge on any atom is 0.344 e. The molecule has 8 nitrogen and oxygen atoms in total. The highest BCUT2D eigenvalue weighted by Crippen LogP contribution is 2.26. The molecule has 0 aromatic heterocycles. The highest BCUT2D eigenvalue weighted by molar-refractivity contribution is 5.95. The Hall–Kier alpha value is -3.86. The summed E-state index contributed by atoms with van der Waals surface area (Å²) in [6, 6.07) is 13.5. The number of carbonyl (C=O) groups excluding carboxylic acids is 3. The molecule has 148 valence electrons. The number of esters is 1. The number of aryl methyl sites for hydroxylation is 1. The molecule has 2 aromatic carbocycles. The fourth-order valence-electron chi connectivity index (χ4n) is 2.79. The van der Waals surface area contributed by atoms with Crippen molar-refractivity contribution in [2.45, 2.75) is 25.9 Å². The minimum Gasteiger partial charge on any atom is -0.482 e. The van der Waals surface area contributed by atoms with Gasteiger partial charge in [-0.15, -0.1) is 0 Å². The Balaban J connectivity index is 1.49. The summed E-state index contributed by atoms with van der Waals surface area (Å²) < 4.78 is 10.5. The molecule has 0 bridgehead atoms. The van der Waals surface area contributed by atoms with Gasteiger partial charge < -0.3 is 20.1 Å². The van der Waals surface area contributed by atoms with Crippen LogP contribution in [0, 0.1) is 11.3 Å². The van der Waals surface area contributed by atoms with Gasteiger partial charge >= 0.3 is 5.97 Å². The van der Waals surface area contributed by atoms with E-state index < -0.39 is 18.0 Å². The standard InChI is InChI=1S/C21H19N3O5/c1-13(21(27)23-16-4-2-3-14(9-16)11-22)29-20(26)12-28-17-6-7-18-15(10-17)5-8-19(25)24-18/h2-4,6-7,9-10,13H,5,8,12H2,1H3,(H,23,27)(H,24,25). The zero-order chi connectivity index (χ0) is 20.8. The summed E-state index contributed by atoms with van der Waals surface area (Å²) in [6.45, 7) is 1.09. The van der Waals surface area contributed by atoms with Crippen LogP contribution >= 0.6 is 0 Å². The molecule has 2 amide bonds. The Bertz CT molecular complexity index is 996. The molecule has 0 aliphatic carbocycles. The maximum atomic E-state index is 12.2. The third-order valence-corrected chi connectivity index (χ3v) is 4.27. The van der Waals surface area contributed by atoms with Crippen LogP contribution in [0.5, 0.6) is 5.75 Å². The van der Waals surface area contributed by atoms with Gasteiger partial charge in [0.1, 0.15) is 5.75 Å². The van der Waals surface area contributed by atoms with Crippen molar-refractivity contribution < 1.29 is 23.9 Å². The highest BCUT2D eigenvalue weighted by atomic mass is 16.6. The molecule has 3 rings (SSSR count). The normalized spacial score (nSPS) is 13.3. The number of ether oxygens (including phenoxy) is 2. The number of hydrogen-bond acceptors (Lipinski definition) is 6. The third kappa shape index (κ3) is 5.32. The zero-order valence-electron chi connectivity index (χ0n) is 15.7. The average molecular weight is 393 g/mol. The van der Waals surface area contributed by atoms with Gasteiger partial charge in [-0.25, -0.2) is 4.79 Å². The van der Waals surface area contributed by atoms with Crippen LogP contribution in [0.25, 0.3) is 0 Å². The monoisotopic (exact) mass is 393 g/mol. The lowest BCUT2D eigenvalue weighted by Crippen LogP contribution is -2.31. The summed E-state index contributed by atoms with van der Waals surface area (Å²) in [6.07, 6.45) is -0.0225. The number of amides is 2. The maximum absolute atomic E-state index is 12.2. The number of nitrogens with one attached hydrogen (secondary N) is 2. The molecule has 0 spiro atoms. The van der Waals surface area contributed by atoms with E-state index in [2.05, 4.69) is 10.6 Å². The van der Waals surface area contributed by atoms with Crippen LogP contribution in [0.4, 0.5) is 11.4 Å². The molecule has 1 unspecified atom stereocenters. The minimum absolute atomic E-state index is 0.0265. The second-order valence-corrected chi connectivity index (χ2v) is 6.47. The molecule has 1 aliphatic rings. The van der Waals surface area contributed by atoms with Crippen LogP contribution in [-0.2, 0) is 25.5 Å². The first-order chi connectivity index (χ1) is 13.9. The van der Waals surface area contributed by atoms with Crippen LogP contribution in [0.15, 0.2) is 42.5 Å². The lowest BCUT2D eigenvalue weighted by atomic mass is 10.0. The van der Waals surface area contributed by atoms with E-state index in [9.17, 15) is 14.4 Å². The predicted molar refractivity (Wildman–Crippen MR) is 104 cm³/mol. The van der Waals surface area contributed by atoms with E-state index in [1.54, 1.807) is 36.4 Å². The molecule has 8 heteroatoms. The number of nitrogens with zero attached hydrogens (tertiary/aromatic N) is 1. The van der Waals surface area contributed by atoms with Gasteiger partial charge in [-0.3, -0.25) is 9.59 Å². The number of benzene rings is 2. The van der Waals surface area contributed by atoms with Gasteiger partial charge in [0.2, 0.25) is 5.91 Å². The van der Waals surface area contributed by atoms with Crippen molar-refractivity contribution in [2.24, 2.45) is 0 Å². The van der Waals surface area contributed by atoms with E-state index >= 15 is 0 Å². The third-order valence-electron chi connectivity index (χ3n) is 4.27. The van der Waals surface area contributed by atoms with Gasteiger partial charge in [-0.1, -0.05) is 6.07 Å². The molecule has 0 radical (unpaired) electrons. The largest absolute Gasteiger partial charge is 0.482 e. The van der Waals surface area contributed by atoms with Crippen LogP contribution in [0.2, 0.25) is 0 Å². The molecule has 1 atom stereocenters. The minimum atomic E-state index is -1.03. The van der Waals surface area contributed by atoms with Crippen LogP contribution < -0.4 is 15.4 Å². The molecule has 0 saturated heterocycles. The van der Waals surface area contributed by atoms with Gasteiger partial charge in [0.15, 0.2) is 12.7 Å². The van der Waals surface area contributed by atoms with Crippen molar-refractivity contribution in [1.29, 1.82) is 5.26 Å². The fraction of sp³-hybridized carbons (Fsp3) is 0.238. The quantitative estimate of drug-likeness (QED) is 0.728. The summed E-state index contributed by atoms with van der Waals surface area (Å²) in [5, 5.41) is 14.3. The van der Waals surface area contributed by atoms with Gasteiger partial charge in [0.25, 0.3) is 5.91 Å². The molecule has 1 aliphatic heterocycles. The first-order valence-corrected chi connectivity index (χ1v) is 9.00. The Morgan fingerprint density at radius 1 is 1.24 bits per heavy atom. The summed E-state index contributed by atoms with van der Waals surface area (Å²) in [5.74, 6) is -0.758. The molecule has 2 aromatic rings. The van der Waals surface area contributed by atoms with Gasteiger partial charge in [0.05, 0.1) is 11.6 Å². The number of rotatable bonds is 6. The van der Waals surface area contributed by atoms with E-state index in [-0.39, 0.29) is 12.5 Å². The van der Waals surface area contributed by atoms with Crippen LogP contribution in [0.3, 0.4) is 0 Å². The molecule has 0 saturated carbocycles. The van der Waals surface area contributed by atoms with Gasteiger partial charge in [0, 0.05) is 17.8 Å². The SMILES string of the molecule is CC(OC(=O)COc1ccc2c(c1)CCC(=O)N2)C(=O)Nc1cccc(C#N)c1. The number of hydrogen-bond donors (Lipinski definition) is 2. The topological polar surface area (TPSA) is 118 Å². The molecular weight excluding hydrogens is 374 g/mol. The van der Waals surface area contributed by atoms with Crippen molar-refractivity contribution in [3.05, 3.63) is 53.6 Å². The molecule has 0 fully saturated rings. The summed E-state index contributed by atoms with van der Waals surface area (Å²) in [5.41, 5.74) is 2.52. The first kappa shape index (κ1) is 19.9. The molecule has 1 heterocycles. The van der Waals surface area contributed by atoms with Crippen molar-refractivity contribution in [2.75, 3.05) is 17.2 Å². The van der Waals surface area contributed by atoms with Gasteiger partial charge in [-0.2, -0.15) is 5.26 Å². The van der Waals surface area contributed by atoms with E-state index in [0.717, 1.165) is 11.3 Å². The molecule has 2 N–H and O–H groups in total. The second kappa shape index (κ2) is 8.89. The fourth-order valence-corrected chi connectivity index (χ4v) is 2.79. The Kier molecular flexibility index (Phi) is 6.09. The van der Waals surface area contributed by atoms with Crippen LogP contribution in [0.1, 0.15) is 24.5 Å². The van der Waals surface area contributed by atoms with Crippen molar-refractivity contribution in [3.63, 3.8) is 0 Å². The Morgan fingerprint density at radius 2 is 2.07 bits per heavy atom. The van der Waals surface area contributed by atoms with Crippen molar-refractivity contribution in [1.82, 2.24) is 0 Å². The van der Waals surface area contributed by atoms with E-state index in [1.807, 2.05) is 6.07 Å². The lowest BCUT2D eigenvalue weighted by molar-refractivity contribution is -0.155. The Morgan fingerprint density at radius 3 is 2.86 bits per heavy atom. The van der Waals surface area contributed by atoms with Crippen molar-refractivity contribution in [3.8, 4) is 11.8 Å². The number of carbonyl (C=O) groups is 3. The van der Waals surface area contributed by atoms with E-state index in [1.165, 1.54) is 13.0 Å². The predicted octanol–water partition coefficient (Wildman–Crippen LogP) is 2.39.